The van der Waals surface area contributed by atoms with E-state index in [1.54, 1.807) is 0 Å². The summed E-state index contributed by atoms with van der Waals surface area (Å²) in [6.07, 6.45) is 5.60. The van der Waals surface area contributed by atoms with Gasteiger partial charge in [0, 0.05) is 17.8 Å². The SMILES string of the molecule is CCN1C(=O)C(C)=C2CCCC=C21. The number of amides is 1. The van der Waals surface area contributed by atoms with Crippen molar-refractivity contribution in [1.82, 2.24) is 4.90 Å². The summed E-state index contributed by atoms with van der Waals surface area (Å²) in [6, 6.07) is 0. The maximum atomic E-state index is 11.7. The molecule has 0 radical (unpaired) electrons. The molecule has 0 bridgehead atoms. The summed E-state index contributed by atoms with van der Waals surface area (Å²) in [5.74, 6) is 0.214. The molecule has 1 heterocycles. The van der Waals surface area contributed by atoms with Crippen molar-refractivity contribution in [2.45, 2.75) is 33.1 Å². The lowest BCUT2D eigenvalue weighted by Gasteiger charge is -2.20. The predicted molar refractivity (Wildman–Crippen MR) is 52.0 cm³/mol. The van der Waals surface area contributed by atoms with Gasteiger partial charge in [0.2, 0.25) is 0 Å². The molecule has 2 heteroatoms. The number of rotatable bonds is 1. The number of fused-ring (bicyclic) bond motifs is 1. The van der Waals surface area contributed by atoms with Crippen LogP contribution in [0.4, 0.5) is 0 Å². The fraction of sp³-hybridized carbons (Fsp3) is 0.545. The van der Waals surface area contributed by atoms with Crippen LogP contribution in [0, 0.1) is 0 Å². The molecule has 2 aliphatic rings. The van der Waals surface area contributed by atoms with E-state index in [0.717, 1.165) is 25.0 Å². The number of carbonyl (C=O) groups is 1. The normalized spacial score (nSPS) is 22.2. The molecular formula is C11H15NO. The molecule has 0 saturated carbocycles. The number of allylic oxidation sites excluding steroid dienone is 2. The van der Waals surface area contributed by atoms with Crippen LogP contribution in [-0.4, -0.2) is 17.4 Å². The van der Waals surface area contributed by atoms with Gasteiger partial charge in [0.1, 0.15) is 0 Å². The Morgan fingerprint density at radius 1 is 1.54 bits per heavy atom. The largest absolute Gasteiger partial charge is 0.309 e. The first kappa shape index (κ1) is 8.54. The summed E-state index contributed by atoms with van der Waals surface area (Å²) in [5, 5.41) is 0. The second kappa shape index (κ2) is 3.02. The van der Waals surface area contributed by atoms with Gasteiger partial charge in [-0.3, -0.25) is 4.79 Å². The highest BCUT2D eigenvalue weighted by atomic mass is 16.2. The van der Waals surface area contributed by atoms with Crippen molar-refractivity contribution < 1.29 is 4.79 Å². The molecule has 70 valence electrons. The summed E-state index contributed by atoms with van der Waals surface area (Å²) in [6.45, 7) is 4.78. The van der Waals surface area contributed by atoms with Gasteiger partial charge < -0.3 is 4.90 Å². The third-order valence-corrected chi connectivity index (χ3v) is 2.90. The van der Waals surface area contributed by atoms with Crippen LogP contribution in [0.3, 0.4) is 0 Å². The Bertz CT molecular complexity index is 312. The van der Waals surface area contributed by atoms with E-state index in [-0.39, 0.29) is 5.91 Å². The fourth-order valence-corrected chi connectivity index (χ4v) is 2.18. The van der Waals surface area contributed by atoms with E-state index in [4.69, 9.17) is 0 Å². The number of nitrogens with zero attached hydrogens (tertiary/aromatic N) is 1. The maximum absolute atomic E-state index is 11.7. The van der Waals surface area contributed by atoms with Gasteiger partial charge in [0.05, 0.1) is 0 Å². The molecule has 0 aromatic heterocycles. The minimum Gasteiger partial charge on any atom is -0.309 e. The molecular weight excluding hydrogens is 162 g/mol. The van der Waals surface area contributed by atoms with E-state index in [1.165, 1.54) is 17.7 Å². The minimum atomic E-state index is 0.214. The van der Waals surface area contributed by atoms with Crippen LogP contribution in [0.15, 0.2) is 22.9 Å². The average molecular weight is 177 g/mol. The van der Waals surface area contributed by atoms with Crippen molar-refractivity contribution in [3.8, 4) is 0 Å². The third kappa shape index (κ3) is 1.12. The van der Waals surface area contributed by atoms with Crippen LogP contribution in [0.25, 0.3) is 0 Å². The van der Waals surface area contributed by atoms with E-state index in [2.05, 4.69) is 6.08 Å². The summed E-state index contributed by atoms with van der Waals surface area (Å²) >= 11 is 0. The molecule has 13 heavy (non-hydrogen) atoms. The number of hydrogen-bond donors (Lipinski definition) is 0. The second-order valence-electron chi connectivity index (χ2n) is 3.63. The van der Waals surface area contributed by atoms with E-state index in [0.29, 0.717) is 0 Å². The minimum absolute atomic E-state index is 0.214. The molecule has 0 aromatic rings. The molecule has 1 amide bonds. The van der Waals surface area contributed by atoms with E-state index < -0.39 is 0 Å². The van der Waals surface area contributed by atoms with Crippen LogP contribution < -0.4 is 0 Å². The Kier molecular flexibility index (Phi) is 1.98. The zero-order valence-corrected chi connectivity index (χ0v) is 8.26. The zero-order valence-electron chi connectivity index (χ0n) is 8.26. The monoisotopic (exact) mass is 177 g/mol. The van der Waals surface area contributed by atoms with Crippen LogP contribution in [0.5, 0.6) is 0 Å². The highest BCUT2D eigenvalue weighted by Crippen LogP contribution is 2.35. The van der Waals surface area contributed by atoms with E-state index >= 15 is 0 Å². The summed E-state index contributed by atoms with van der Waals surface area (Å²) in [5.41, 5.74) is 3.45. The summed E-state index contributed by atoms with van der Waals surface area (Å²) < 4.78 is 0. The molecule has 0 saturated heterocycles. The Labute approximate surface area is 78.9 Å². The van der Waals surface area contributed by atoms with Crippen LogP contribution in [0.2, 0.25) is 0 Å². The van der Waals surface area contributed by atoms with Crippen molar-refractivity contribution in [3.05, 3.63) is 22.9 Å². The molecule has 0 N–H and O–H groups in total. The van der Waals surface area contributed by atoms with Crippen LogP contribution in [-0.2, 0) is 4.79 Å². The van der Waals surface area contributed by atoms with Crippen molar-refractivity contribution in [1.29, 1.82) is 0 Å². The van der Waals surface area contributed by atoms with Crippen molar-refractivity contribution in [2.24, 2.45) is 0 Å². The highest BCUT2D eigenvalue weighted by molar-refractivity contribution is 5.99. The average Bonchev–Trinajstić information content (AvgIpc) is 2.41. The molecule has 2 nitrogen and oxygen atoms in total. The standard InChI is InChI=1S/C11H15NO/c1-3-12-10-7-5-4-6-9(10)8(2)11(12)13/h7H,3-6H2,1-2H3. The quantitative estimate of drug-likeness (QED) is 0.601. The first-order valence-electron chi connectivity index (χ1n) is 4.98. The summed E-state index contributed by atoms with van der Waals surface area (Å²) in [4.78, 5) is 13.6. The van der Waals surface area contributed by atoms with Gasteiger partial charge >= 0.3 is 0 Å². The Morgan fingerprint density at radius 3 is 3.00 bits per heavy atom. The predicted octanol–water partition coefficient (Wildman–Crippen LogP) is 2.23. The Morgan fingerprint density at radius 2 is 2.31 bits per heavy atom. The molecule has 0 fully saturated rings. The second-order valence-corrected chi connectivity index (χ2v) is 3.63. The molecule has 1 aliphatic heterocycles. The smallest absolute Gasteiger partial charge is 0.254 e. The van der Waals surface area contributed by atoms with E-state index in [9.17, 15) is 4.79 Å². The van der Waals surface area contributed by atoms with Crippen LogP contribution >= 0.6 is 0 Å². The topological polar surface area (TPSA) is 20.3 Å². The molecule has 0 spiro atoms. The van der Waals surface area contributed by atoms with Gasteiger partial charge in [-0.2, -0.15) is 0 Å². The van der Waals surface area contributed by atoms with Gasteiger partial charge in [-0.25, -0.2) is 0 Å². The van der Waals surface area contributed by atoms with E-state index in [1.807, 2.05) is 18.7 Å². The fourth-order valence-electron chi connectivity index (χ4n) is 2.18. The Balaban J connectivity index is 2.44. The number of likely N-dealkylation sites (N-methyl/N-ethyl adjacent to an activating group) is 1. The maximum Gasteiger partial charge on any atom is 0.254 e. The lowest BCUT2D eigenvalue weighted by molar-refractivity contribution is -0.124. The van der Waals surface area contributed by atoms with Crippen molar-refractivity contribution in [2.75, 3.05) is 6.54 Å². The molecule has 2 rings (SSSR count). The van der Waals surface area contributed by atoms with Crippen molar-refractivity contribution in [3.63, 3.8) is 0 Å². The van der Waals surface area contributed by atoms with Gasteiger partial charge in [0.15, 0.2) is 0 Å². The lowest BCUT2D eigenvalue weighted by Crippen LogP contribution is -2.25. The van der Waals surface area contributed by atoms with Gasteiger partial charge in [-0.15, -0.1) is 0 Å². The molecule has 0 atom stereocenters. The van der Waals surface area contributed by atoms with Crippen LogP contribution in [0.1, 0.15) is 33.1 Å². The lowest BCUT2D eigenvalue weighted by atomic mass is 9.97. The summed E-state index contributed by atoms with van der Waals surface area (Å²) in [7, 11) is 0. The zero-order chi connectivity index (χ0) is 9.42. The molecule has 0 unspecified atom stereocenters. The third-order valence-electron chi connectivity index (χ3n) is 2.90. The number of carbonyl (C=O) groups excluding carboxylic acids is 1. The first-order valence-corrected chi connectivity index (χ1v) is 4.98. The molecule has 0 aromatic carbocycles. The molecule has 1 aliphatic carbocycles. The number of hydrogen-bond acceptors (Lipinski definition) is 1. The first-order chi connectivity index (χ1) is 6.25. The van der Waals surface area contributed by atoms with Gasteiger partial charge in [0.25, 0.3) is 5.91 Å². The Hall–Kier alpha value is -1.05. The van der Waals surface area contributed by atoms with Crippen molar-refractivity contribution >= 4 is 5.91 Å². The van der Waals surface area contributed by atoms with Gasteiger partial charge in [-0.1, -0.05) is 6.08 Å². The van der Waals surface area contributed by atoms with Gasteiger partial charge in [-0.05, 0) is 38.7 Å². The highest BCUT2D eigenvalue weighted by Gasteiger charge is 2.31.